The Balaban J connectivity index is 5.30. The number of nitrogens with zero attached hydrogens (tertiary/aromatic N) is 1. The van der Waals surface area contributed by atoms with Gasteiger partial charge in [0.1, 0.15) is 19.3 Å². The van der Waals surface area contributed by atoms with Crippen LogP contribution in [0.5, 0.6) is 0 Å². The molecule has 0 spiro atoms. The Kier molecular flexibility index (Phi) is 50.2. The van der Waals surface area contributed by atoms with Crippen molar-refractivity contribution in [3.8, 4) is 0 Å². The number of hydrogen-bond donors (Lipinski definition) is 2. The number of phosphoric acid groups is 1. The normalized spacial score (nSPS) is 14.5. The molecule has 0 aliphatic carbocycles. The SMILES string of the molecule is CC/C=C\C/C=C\C/C=C\C/C=C\C/C=C\C/C=C\CCCCCCC(=O)NC(COP(=O)(O)OCC[N+](C)(C)C)C(/C=C\CCCCCCCCCCC)OC(=O)CCCCC/C=C\CCCCCCCC. The zero-order chi connectivity index (χ0) is 53.6. The molecular weight excluding hydrogens is 928 g/mol. The van der Waals surface area contributed by atoms with Crippen LogP contribution in [-0.4, -0.2) is 74.3 Å². The second-order valence-electron chi connectivity index (χ2n) is 20.8. The minimum absolute atomic E-state index is 0.0281. The van der Waals surface area contributed by atoms with E-state index in [9.17, 15) is 19.0 Å². The van der Waals surface area contributed by atoms with Crippen molar-refractivity contribution in [1.82, 2.24) is 5.32 Å². The zero-order valence-corrected chi connectivity index (χ0v) is 48.7. The second-order valence-corrected chi connectivity index (χ2v) is 22.2. The van der Waals surface area contributed by atoms with Crippen LogP contribution in [-0.2, 0) is 27.9 Å². The molecule has 0 aliphatic rings. The quantitative estimate of drug-likeness (QED) is 0.0205. The highest BCUT2D eigenvalue weighted by atomic mass is 31.2. The number of hydrogen-bond acceptors (Lipinski definition) is 6. The van der Waals surface area contributed by atoms with Gasteiger partial charge >= 0.3 is 13.8 Å². The van der Waals surface area contributed by atoms with E-state index < -0.39 is 20.0 Å². The standard InChI is InChI=1S/C63H111N2O7P/c1-7-10-13-16-19-22-25-27-28-29-30-31-32-33-34-35-36-38-40-43-46-49-52-55-62(66)64-60(59-71-73(68,69)70-58-57-65(4,5)6)61(54-51-48-45-42-39-24-21-18-15-12-9-3)72-63(67)56-53-50-47-44-41-37-26-23-20-17-14-11-8-2/h10,13,19,22,27-28,30-31,33-34,36-38,41,51,54,60-61H,7-9,11-12,14-18,20-21,23-26,29,32,35,39-40,42-50,52-53,55-59H2,1-6H3,(H-,64,66,68,69)/p+1/b13-10-,22-19-,28-27-,31-30-,34-33-,38-36-,41-37-,54-51-. The van der Waals surface area contributed by atoms with Crippen molar-refractivity contribution in [2.45, 2.75) is 251 Å². The Morgan fingerprint density at radius 3 is 1.34 bits per heavy atom. The molecule has 0 saturated heterocycles. The van der Waals surface area contributed by atoms with E-state index in [2.05, 4.69) is 111 Å². The van der Waals surface area contributed by atoms with Crippen molar-refractivity contribution >= 4 is 19.7 Å². The highest BCUT2D eigenvalue weighted by Crippen LogP contribution is 2.43. The van der Waals surface area contributed by atoms with E-state index in [0.29, 0.717) is 30.3 Å². The predicted molar refractivity (Wildman–Crippen MR) is 314 cm³/mol. The van der Waals surface area contributed by atoms with Crippen LogP contribution in [0.4, 0.5) is 0 Å². The number of allylic oxidation sites excluding steroid dienone is 15. The van der Waals surface area contributed by atoms with E-state index in [0.717, 1.165) is 109 Å². The second kappa shape index (κ2) is 52.4. The first-order valence-corrected chi connectivity index (χ1v) is 31.1. The third-order valence-electron chi connectivity index (χ3n) is 12.5. The number of rotatable bonds is 52. The van der Waals surface area contributed by atoms with Crippen LogP contribution in [0.25, 0.3) is 0 Å². The first-order chi connectivity index (χ1) is 35.4. The molecule has 0 rings (SSSR count). The average molecular weight is 1040 g/mol. The van der Waals surface area contributed by atoms with Gasteiger partial charge in [-0.3, -0.25) is 18.6 Å². The molecule has 1 amide bonds. The number of unbranched alkanes of at least 4 members (excludes halogenated alkanes) is 22. The fourth-order valence-electron chi connectivity index (χ4n) is 7.94. The minimum atomic E-state index is -4.46. The van der Waals surface area contributed by atoms with Crippen molar-refractivity contribution in [2.75, 3.05) is 40.9 Å². The number of esters is 1. The van der Waals surface area contributed by atoms with Crippen molar-refractivity contribution < 1.29 is 37.3 Å². The molecule has 0 fully saturated rings. The number of quaternary nitrogens is 1. The van der Waals surface area contributed by atoms with Crippen LogP contribution in [0.15, 0.2) is 97.2 Å². The third kappa shape index (κ3) is 53.6. The summed E-state index contributed by atoms with van der Waals surface area (Å²) in [7, 11) is 1.46. The van der Waals surface area contributed by atoms with Gasteiger partial charge in [0.2, 0.25) is 5.91 Å². The summed E-state index contributed by atoms with van der Waals surface area (Å²) in [6.07, 6.45) is 69.8. The number of ether oxygens (including phenoxy) is 1. The molecule has 0 bridgehead atoms. The molecule has 2 N–H and O–H groups in total. The fourth-order valence-corrected chi connectivity index (χ4v) is 8.67. The van der Waals surface area contributed by atoms with Gasteiger partial charge in [0.05, 0.1) is 33.8 Å². The molecule has 0 heterocycles. The Morgan fingerprint density at radius 2 is 0.877 bits per heavy atom. The summed E-state index contributed by atoms with van der Waals surface area (Å²) in [5.41, 5.74) is 0. The van der Waals surface area contributed by atoms with Crippen molar-refractivity contribution in [3.63, 3.8) is 0 Å². The van der Waals surface area contributed by atoms with E-state index in [1.54, 1.807) is 0 Å². The molecule has 9 nitrogen and oxygen atoms in total. The lowest BCUT2D eigenvalue weighted by Crippen LogP contribution is -2.47. The first-order valence-electron chi connectivity index (χ1n) is 29.6. The summed E-state index contributed by atoms with van der Waals surface area (Å²) < 4.78 is 30.6. The summed E-state index contributed by atoms with van der Waals surface area (Å²) in [6, 6.07) is -0.872. The van der Waals surface area contributed by atoms with Gasteiger partial charge in [0.15, 0.2) is 0 Å². The maximum atomic E-state index is 13.5. The lowest BCUT2D eigenvalue weighted by molar-refractivity contribution is -0.870. The molecule has 10 heteroatoms. The van der Waals surface area contributed by atoms with E-state index >= 15 is 0 Å². The van der Waals surface area contributed by atoms with Crippen LogP contribution in [0.3, 0.4) is 0 Å². The van der Waals surface area contributed by atoms with Crippen LogP contribution >= 0.6 is 7.82 Å². The zero-order valence-electron chi connectivity index (χ0n) is 47.8. The topological polar surface area (TPSA) is 111 Å². The Labute approximate surface area is 449 Å². The molecule has 3 unspecified atom stereocenters. The molecule has 0 saturated carbocycles. The van der Waals surface area contributed by atoms with E-state index in [1.165, 1.54) is 83.5 Å². The largest absolute Gasteiger partial charge is 0.472 e. The van der Waals surface area contributed by atoms with Crippen molar-refractivity contribution in [2.24, 2.45) is 0 Å². The van der Waals surface area contributed by atoms with Gasteiger partial charge < -0.3 is 19.4 Å². The Hall–Kier alpha value is -3.07. The molecule has 3 atom stereocenters. The van der Waals surface area contributed by atoms with Gasteiger partial charge in [-0.25, -0.2) is 4.57 Å². The van der Waals surface area contributed by atoms with E-state index in [1.807, 2.05) is 33.3 Å². The van der Waals surface area contributed by atoms with Crippen molar-refractivity contribution in [1.29, 1.82) is 0 Å². The number of amides is 1. The summed E-state index contributed by atoms with van der Waals surface area (Å²) in [6.45, 7) is 6.84. The molecular formula is C63H112N2O7P+. The van der Waals surface area contributed by atoms with Gasteiger partial charge in [-0.1, -0.05) is 215 Å². The van der Waals surface area contributed by atoms with Gasteiger partial charge in [-0.15, -0.1) is 0 Å². The Morgan fingerprint density at radius 1 is 0.493 bits per heavy atom. The number of likely N-dealkylation sites (N-methyl/N-ethyl adjacent to an activating group) is 1. The molecule has 0 aromatic heterocycles. The lowest BCUT2D eigenvalue weighted by Gasteiger charge is -2.27. The fraction of sp³-hybridized carbons (Fsp3) is 0.714. The molecule has 0 aromatic carbocycles. The third-order valence-corrected chi connectivity index (χ3v) is 13.5. The van der Waals surface area contributed by atoms with Gasteiger partial charge in [0, 0.05) is 12.8 Å². The molecule has 73 heavy (non-hydrogen) atoms. The monoisotopic (exact) mass is 1040 g/mol. The highest BCUT2D eigenvalue weighted by molar-refractivity contribution is 7.47. The minimum Gasteiger partial charge on any atom is -0.456 e. The van der Waals surface area contributed by atoms with E-state index in [-0.39, 0.29) is 31.5 Å². The van der Waals surface area contributed by atoms with Crippen LogP contribution in [0, 0.1) is 0 Å². The van der Waals surface area contributed by atoms with Crippen LogP contribution in [0.2, 0.25) is 0 Å². The molecule has 0 radical (unpaired) electrons. The number of nitrogens with one attached hydrogen (secondary N) is 1. The average Bonchev–Trinajstić information content (AvgIpc) is 3.35. The smallest absolute Gasteiger partial charge is 0.456 e. The van der Waals surface area contributed by atoms with E-state index in [4.69, 9.17) is 13.8 Å². The number of carbonyl (C=O) groups excluding carboxylic acids is 2. The number of phosphoric ester groups is 1. The first kappa shape index (κ1) is 69.9. The van der Waals surface area contributed by atoms with Gasteiger partial charge in [-0.2, -0.15) is 0 Å². The maximum absolute atomic E-state index is 13.5. The number of carbonyl (C=O) groups is 2. The van der Waals surface area contributed by atoms with Crippen molar-refractivity contribution in [3.05, 3.63) is 97.2 Å². The molecule has 420 valence electrons. The summed E-state index contributed by atoms with van der Waals surface area (Å²) in [4.78, 5) is 37.6. The molecule has 0 aliphatic heterocycles. The summed E-state index contributed by atoms with van der Waals surface area (Å²) in [5.74, 6) is -0.559. The summed E-state index contributed by atoms with van der Waals surface area (Å²) in [5, 5.41) is 3.03. The predicted octanol–water partition coefficient (Wildman–Crippen LogP) is 18.0. The van der Waals surface area contributed by atoms with Crippen LogP contribution in [0.1, 0.15) is 239 Å². The lowest BCUT2D eigenvalue weighted by atomic mass is 10.1. The Bertz CT molecular complexity index is 1570. The maximum Gasteiger partial charge on any atom is 0.472 e. The van der Waals surface area contributed by atoms with Gasteiger partial charge in [-0.05, 0) is 109 Å². The summed E-state index contributed by atoms with van der Waals surface area (Å²) >= 11 is 0. The van der Waals surface area contributed by atoms with Gasteiger partial charge in [0.25, 0.3) is 0 Å². The molecule has 0 aromatic rings. The highest BCUT2D eigenvalue weighted by Gasteiger charge is 2.30. The van der Waals surface area contributed by atoms with Crippen LogP contribution < -0.4 is 5.32 Å².